The number of rotatable bonds is 1. The van der Waals surface area contributed by atoms with Crippen LogP contribution in [-0.4, -0.2) is 31.2 Å². The lowest BCUT2D eigenvalue weighted by atomic mass is 10.4. The summed E-state index contributed by atoms with van der Waals surface area (Å²) in [5.41, 5.74) is 0.526. The number of anilines is 1. The number of nitrogens with zero attached hydrogens (tertiary/aromatic N) is 3. The molecule has 1 aromatic rings. The van der Waals surface area contributed by atoms with Gasteiger partial charge in [0.05, 0.1) is 0 Å². The summed E-state index contributed by atoms with van der Waals surface area (Å²) in [6.07, 6.45) is 0. The van der Waals surface area contributed by atoms with Gasteiger partial charge in [-0.1, -0.05) is 0 Å². The highest BCUT2D eigenvalue weighted by Gasteiger charge is 2.13. The third-order valence-electron chi connectivity index (χ3n) is 1.99. The van der Waals surface area contributed by atoms with Crippen molar-refractivity contribution in [2.24, 2.45) is 0 Å². The van der Waals surface area contributed by atoms with Gasteiger partial charge in [-0.3, -0.25) is 0 Å². The van der Waals surface area contributed by atoms with Gasteiger partial charge in [0.25, 0.3) is 0 Å². The Bertz CT molecular complexity index is 321. The van der Waals surface area contributed by atoms with Gasteiger partial charge in [-0.2, -0.15) is 5.26 Å². The van der Waals surface area contributed by atoms with Crippen LogP contribution in [0.3, 0.4) is 0 Å². The van der Waals surface area contributed by atoms with Crippen molar-refractivity contribution < 1.29 is 0 Å². The Morgan fingerprint density at radius 3 is 2.92 bits per heavy atom. The van der Waals surface area contributed by atoms with E-state index in [1.165, 1.54) is 0 Å². The first-order chi connectivity index (χ1) is 6.40. The number of nitrogens with one attached hydrogen (secondary N) is 1. The van der Waals surface area contributed by atoms with Crippen LogP contribution in [0.15, 0.2) is 5.38 Å². The minimum atomic E-state index is 0.526. The van der Waals surface area contributed by atoms with Gasteiger partial charge in [0, 0.05) is 31.6 Å². The van der Waals surface area contributed by atoms with Crippen LogP contribution in [0.1, 0.15) is 5.69 Å². The minimum absolute atomic E-state index is 0.526. The molecule has 1 saturated heterocycles. The molecule has 2 rings (SSSR count). The van der Waals surface area contributed by atoms with Gasteiger partial charge in [-0.25, -0.2) is 4.98 Å². The molecule has 0 aromatic carbocycles. The molecule has 1 aliphatic heterocycles. The van der Waals surface area contributed by atoms with E-state index < -0.39 is 0 Å². The highest BCUT2D eigenvalue weighted by molar-refractivity contribution is 7.13. The number of piperazine rings is 1. The monoisotopic (exact) mass is 194 g/mol. The van der Waals surface area contributed by atoms with E-state index >= 15 is 0 Å². The second-order valence-electron chi connectivity index (χ2n) is 2.86. The topological polar surface area (TPSA) is 52.0 Å². The number of aromatic nitrogens is 1. The summed E-state index contributed by atoms with van der Waals surface area (Å²) in [7, 11) is 0. The van der Waals surface area contributed by atoms with Gasteiger partial charge in [0.1, 0.15) is 6.07 Å². The fourth-order valence-corrected chi connectivity index (χ4v) is 2.12. The molecule has 13 heavy (non-hydrogen) atoms. The predicted octanol–water partition coefficient (Wildman–Crippen LogP) is 0.424. The first kappa shape index (κ1) is 8.48. The number of nitriles is 1. The first-order valence-electron chi connectivity index (χ1n) is 4.21. The molecule has 68 valence electrons. The molecular formula is C8H10N4S. The lowest BCUT2D eigenvalue weighted by Gasteiger charge is -2.26. The number of hydrogen-bond acceptors (Lipinski definition) is 5. The van der Waals surface area contributed by atoms with E-state index in [9.17, 15) is 0 Å². The summed E-state index contributed by atoms with van der Waals surface area (Å²) in [5, 5.41) is 14.7. The maximum absolute atomic E-state index is 8.61. The average Bonchev–Trinajstić information content (AvgIpc) is 2.67. The van der Waals surface area contributed by atoms with Crippen LogP contribution in [-0.2, 0) is 0 Å². The van der Waals surface area contributed by atoms with Crippen molar-refractivity contribution in [2.75, 3.05) is 31.1 Å². The molecule has 1 aliphatic rings. The minimum Gasteiger partial charge on any atom is -0.346 e. The first-order valence-corrected chi connectivity index (χ1v) is 5.09. The quantitative estimate of drug-likeness (QED) is 0.704. The molecule has 4 nitrogen and oxygen atoms in total. The van der Waals surface area contributed by atoms with E-state index in [0.29, 0.717) is 5.69 Å². The van der Waals surface area contributed by atoms with Crippen LogP contribution in [0.25, 0.3) is 0 Å². The summed E-state index contributed by atoms with van der Waals surface area (Å²) >= 11 is 1.55. The number of hydrogen-bond donors (Lipinski definition) is 1. The second kappa shape index (κ2) is 3.73. The fraction of sp³-hybridized carbons (Fsp3) is 0.500. The lowest BCUT2D eigenvalue weighted by molar-refractivity contribution is 0.588. The van der Waals surface area contributed by atoms with Crippen LogP contribution < -0.4 is 10.2 Å². The van der Waals surface area contributed by atoms with Gasteiger partial charge in [-0.15, -0.1) is 11.3 Å². The Hall–Kier alpha value is -1.12. The standard InChI is InChI=1S/C8H10N4S/c9-5-7-6-13-8(11-7)12-3-1-10-2-4-12/h6,10H,1-4H2. The highest BCUT2D eigenvalue weighted by Crippen LogP contribution is 2.19. The molecule has 0 saturated carbocycles. The van der Waals surface area contributed by atoms with Crippen molar-refractivity contribution in [1.29, 1.82) is 5.26 Å². The maximum Gasteiger partial charge on any atom is 0.186 e. The zero-order valence-corrected chi connectivity index (χ0v) is 7.97. The summed E-state index contributed by atoms with van der Waals surface area (Å²) in [6.45, 7) is 3.97. The Morgan fingerprint density at radius 2 is 2.31 bits per heavy atom. The molecule has 0 aliphatic carbocycles. The third kappa shape index (κ3) is 1.79. The largest absolute Gasteiger partial charge is 0.346 e. The maximum atomic E-state index is 8.61. The molecule has 0 amide bonds. The Kier molecular flexibility index (Phi) is 2.43. The SMILES string of the molecule is N#Cc1csc(N2CCNCC2)n1. The molecule has 2 heterocycles. The highest BCUT2D eigenvalue weighted by atomic mass is 32.1. The molecule has 0 unspecified atom stereocenters. The van der Waals surface area contributed by atoms with Gasteiger partial charge in [0.2, 0.25) is 0 Å². The van der Waals surface area contributed by atoms with Crippen LogP contribution in [0, 0.1) is 11.3 Å². The van der Waals surface area contributed by atoms with Gasteiger partial charge < -0.3 is 10.2 Å². The summed E-state index contributed by atoms with van der Waals surface area (Å²) in [6, 6.07) is 2.04. The third-order valence-corrected chi connectivity index (χ3v) is 2.90. The molecule has 0 spiro atoms. The average molecular weight is 194 g/mol. The summed E-state index contributed by atoms with van der Waals surface area (Å²) in [5.74, 6) is 0. The van der Waals surface area contributed by atoms with Crippen molar-refractivity contribution in [2.45, 2.75) is 0 Å². The van der Waals surface area contributed by atoms with E-state index in [-0.39, 0.29) is 0 Å². The smallest absolute Gasteiger partial charge is 0.186 e. The zero-order valence-electron chi connectivity index (χ0n) is 7.16. The Morgan fingerprint density at radius 1 is 1.54 bits per heavy atom. The predicted molar refractivity (Wildman–Crippen MR) is 51.9 cm³/mol. The van der Waals surface area contributed by atoms with Gasteiger partial charge >= 0.3 is 0 Å². The molecular weight excluding hydrogens is 184 g/mol. The number of thiazole rings is 1. The molecule has 0 atom stereocenters. The van der Waals surface area contributed by atoms with Crippen molar-refractivity contribution in [3.05, 3.63) is 11.1 Å². The fourth-order valence-electron chi connectivity index (χ4n) is 1.32. The van der Waals surface area contributed by atoms with Crippen molar-refractivity contribution in [3.63, 3.8) is 0 Å². The molecule has 1 fully saturated rings. The van der Waals surface area contributed by atoms with E-state index in [0.717, 1.165) is 31.3 Å². The van der Waals surface area contributed by atoms with E-state index in [1.807, 2.05) is 6.07 Å². The Balaban J connectivity index is 2.11. The zero-order chi connectivity index (χ0) is 9.10. The van der Waals surface area contributed by atoms with Crippen LogP contribution in [0.2, 0.25) is 0 Å². The van der Waals surface area contributed by atoms with E-state index in [2.05, 4.69) is 15.2 Å². The van der Waals surface area contributed by atoms with Crippen LogP contribution in [0.5, 0.6) is 0 Å². The van der Waals surface area contributed by atoms with Gasteiger partial charge in [-0.05, 0) is 0 Å². The normalized spacial score (nSPS) is 17.0. The molecule has 1 N–H and O–H groups in total. The van der Waals surface area contributed by atoms with Crippen LogP contribution >= 0.6 is 11.3 Å². The Labute approximate surface area is 80.8 Å². The van der Waals surface area contributed by atoms with E-state index in [1.54, 1.807) is 16.7 Å². The second-order valence-corrected chi connectivity index (χ2v) is 3.70. The summed E-state index contributed by atoms with van der Waals surface area (Å²) < 4.78 is 0. The summed E-state index contributed by atoms with van der Waals surface area (Å²) in [4.78, 5) is 6.42. The molecule has 5 heteroatoms. The molecule has 1 aromatic heterocycles. The molecule has 0 bridgehead atoms. The lowest BCUT2D eigenvalue weighted by Crippen LogP contribution is -2.43. The van der Waals surface area contributed by atoms with E-state index in [4.69, 9.17) is 5.26 Å². The molecule has 0 radical (unpaired) electrons. The van der Waals surface area contributed by atoms with Crippen molar-refractivity contribution in [1.82, 2.24) is 10.3 Å². The van der Waals surface area contributed by atoms with Crippen molar-refractivity contribution in [3.8, 4) is 6.07 Å². The van der Waals surface area contributed by atoms with Crippen molar-refractivity contribution >= 4 is 16.5 Å². The van der Waals surface area contributed by atoms with Crippen LogP contribution in [0.4, 0.5) is 5.13 Å². The van der Waals surface area contributed by atoms with Gasteiger partial charge in [0.15, 0.2) is 10.8 Å².